The highest BCUT2D eigenvalue weighted by atomic mass is 32.1. The topological polar surface area (TPSA) is 79.1 Å². The quantitative estimate of drug-likeness (QED) is 0.468. The zero-order valence-electron chi connectivity index (χ0n) is 10.0. The van der Waals surface area contributed by atoms with Crippen molar-refractivity contribution >= 4 is 33.9 Å². The maximum absolute atomic E-state index is 9.90. The summed E-state index contributed by atoms with van der Waals surface area (Å²) in [6.45, 7) is 0. The van der Waals surface area contributed by atoms with Gasteiger partial charge in [0, 0.05) is 19.5 Å². The molecule has 3 N–H and O–H groups in total. The minimum atomic E-state index is -0.137. The summed E-state index contributed by atoms with van der Waals surface area (Å²) in [5.41, 5.74) is 0.997. The van der Waals surface area contributed by atoms with Crippen molar-refractivity contribution in [3.63, 3.8) is 0 Å². The van der Waals surface area contributed by atoms with Gasteiger partial charge in [0.05, 0.1) is 5.52 Å². The van der Waals surface area contributed by atoms with E-state index in [4.69, 9.17) is 18.1 Å². The van der Waals surface area contributed by atoms with E-state index in [1.807, 2.05) is 18.2 Å². The van der Waals surface area contributed by atoms with Gasteiger partial charge in [-0.3, -0.25) is 0 Å². The van der Waals surface area contributed by atoms with Crippen LogP contribution < -0.4 is 5.84 Å². The largest absolute Gasteiger partial charge is 0.492 e. The molecule has 0 fully saturated rings. The molecule has 1 aromatic carbocycles. The Bertz CT molecular complexity index is 632. The fraction of sp³-hybridized carbons (Fsp3) is 0.182. The number of nitrogen functional groups attached to an aromatic ring is 1. The average Bonchev–Trinajstić information content (AvgIpc) is 2.60. The van der Waals surface area contributed by atoms with Crippen LogP contribution in [0.3, 0.4) is 0 Å². The minimum Gasteiger partial charge on any atom is -0.492 e. The number of hydrogen-bond donors (Lipinski definition) is 2. The molecule has 0 saturated carbocycles. The second-order valence-corrected chi connectivity index (χ2v) is 4.30. The maximum atomic E-state index is 9.90. The molecule has 1 heterocycles. The van der Waals surface area contributed by atoms with E-state index in [0.29, 0.717) is 16.3 Å². The lowest BCUT2D eigenvalue weighted by Gasteiger charge is -2.06. The molecule has 2 rings (SSSR count). The van der Waals surface area contributed by atoms with E-state index >= 15 is 0 Å². The summed E-state index contributed by atoms with van der Waals surface area (Å²) in [5.74, 6) is 5.59. The Morgan fingerprint density at radius 1 is 1.39 bits per heavy atom. The van der Waals surface area contributed by atoms with Gasteiger partial charge in [0.1, 0.15) is 0 Å². The summed E-state index contributed by atoms with van der Waals surface area (Å²) in [5, 5.41) is 18.8. The van der Waals surface area contributed by atoms with Gasteiger partial charge in [0.15, 0.2) is 5.69 Å². The first kappa shape index (κ1) is 12.3. The zero-order chi connectivity index (χ0) is 13.3. The molecule has 0 amide bonds. The Kier molecular flexibility index (Phi) is 3.15. The van der Waals surface area contributed by atoms with Crippen LogP contribution in [0.4, 0.5) is 5.69 Å². The van der Waals surface area contributed by atoms with Gasteiger partial charge >= 0.3 is 0 Å². The van der Waals surface area contributed by atoms with Crippen molar-refractivity contribution in [2.24, 2.45) is 10.2 Å². The van der Waals surface area contributed by atoms with Crippen molar-refractivity contribution in [1.82, 2.24) is 9.58 Å². The molecule has 94 valence electrons. The van der Waals surface area contributed by atoms with E-state index in [1.54, 1.807) is 25.1 Å². The summed E-state index contributed by atoms with van der Waals surface area (Å²) >= 11 is 5.00. The lowest BCUT2D eigenvalue weighted by molar-refractivity contribution is 0.442. The average molecular weight is 263 g/mol. The summed E-state index contributed by atoms with van der Waals surface area (Å²) in [6.07, 6.45) is 0. The number of hydrogen-bond acceptors (Lipinski definition) is 4. The highest BCUT2D eigenvalue weighted by Crippen LogP contribution is 2.36. The van der Waals surface area contributed by atoms with Gasteiger partial charge < -0.3 is 15.8 Å². The second kappa shape index (κ2) is 4.61. The van der Waals surface area contributed by atoms with E-state index in [-0.39, 0.29) is 5.88 Å². The number of aromatic nitrogens is 1. The number of aromatic hydroxyl groups is 1. The first-order valence-electron chi connectivity index (χ1n) is 5.23. The summed E-state index contributed by atoms with van der Waals surface area (Å²) < 4.78 is 1.17. The number of rotatable bonds is 1. The third-order valence-corrected chi connectivity index (χ3v) is 2.92. The molecule has 1 aromatic heterocycles. The molecule has 6 nitrogen and oxygen atoms in total. The fourth-order valence-electron chi connectivity index (χ4n) is 1.51. The second-order valence-electron chi connectivity index (χ2n) is 3.94. The molecular weight excluding hydrogens is 250 g/mol. The SMILES string of the molecule is CN(C)C(=S)N=Nc1c(O)n(N)c2ccccc12. The van der Waals surface area contributed by atoms with Crippen LogP contribution in [0.2, 0.25) is 0 Å². The van der Waals surface area contributed by atoms with Crippen LogP contribution >= 0.6 is 12.2 Å². The zero-order valence-corrected chi connectivity index (χ0v) is 10.8. The number of fused-ring (bicyclic) bond motifs is 1. The van der Waals surface area contributed by atoms with Crippen molar-refractivity contribution < 1.29 is 5.11 Å². The monoisotopic (exact) mass is 263 g/mol. The molecular formula is C11H13N5OS. The van der Waals surface area contributed by atoms with Crippen molar-refractivity contribution in [1.29, 1.82) is 0 Å². The predicted molar refractivity (Wildman–Crippen MR) is 74.6 cm³/mol. The van der Waals surface area contributed by atoms with Gasteiger partial charge in [-0.15, -0.1) is 10.2 Å². The predicted octanol–water partition coefficient (Wildman–Crippen LogP) is 1.99. The maximum Gasteiger partial charge on any atom is 0.239 e. The number of nitrogens with two attached hydrogens (primary N) is 1. The van der Waals surface area contributed by atoms with Crippen LogP contribution in [0.5, 0.6) is 5.88 Å². The van der Waals surface area contributed by atoms with E-state index in [1.165, 1.54) is 4.68 Å². The van der Waals surface area contributed by atoms with E-state index in [9.17, 15) is 5.11 Å². The standard InChI is InChI=1S/C11H13N5OS/c1-15(2)11(18)14-13-9-7-5-3-4-6-8(7)16(12)10(9)17/h3-6,17H,12H2,1-2H3. The smallest absolute Gasteiger partial charge is 0.239 e. The molecule has 0 bridgehead atoms. The molecule has 0 unspecified atom stereocenters. The first-order valence-corrected chi connectivity index (χ1v) is 5.63. The summed E-state index contributed by atoms with van der Waals surface area (Å²) in [7, 11) is 3.54. The molecule has 0 spiro atoms. The Balaban J connectivity index is 2.52. The van der Waals surface area contributed by atoms with Gasteiger partial charge in [-0.1, -0.05) is 18.2 Å². The van der Waals surface area contributed by atoms with Crippen LogP contribution in [-0.4, -0.2) is 33.9 Å². The molecule has 0 radical (unpaired) electrons. The number of benzene rings is 1. The van der Waals surface area contributed by atoms with E-state index in [0.717, 1.165) is 5.39 Å². The van der Waals surface area contributed by atoms with Crippen molar-refractivity contribution in [3.05, 3.63) is 24.3 Å². The number of nitrogens with zero attached hydrogens (tertiary/aromatic N) is 4. The van der Waals surface area contributed by atoms with Crippen LogP contribution in [0, 0.1) is 0 Å². The summed E-state index contributed by atoms with van der Waals surface area (Å²) in [4.78, 5) is 1.65. The minimum absolute atomic E-state index is 0.137. The van der Waals surface area contributed by atoms with Crippen LogP contribution in [0.15, 0.2) is 34.5 Å². The van der Waals surface area contributed by atoms with Crippen molar-refractivity contribution in [2.75, 3.05) is 19.9 Å². The lowest BCUT2D eigenvalue weighted by atomic mass is 10.2. The normalized spacial score (nSPS) is 11.2. The van der Waals surface area contributed by atoms with Crippen LogP contribution in [0.1, 0.15) is 0 Å². The lowest BCUT2D eigenvalue weighted by Crippen LogP contribution is -2.16. The van der Waals surface area contributed by atoms with Gasteiger partial charge in [0.25, 0.3) is 0 Å². The molecule has 0 aliphatic carbocycles. The van der Waals surface area contributed by atoms with Crippen LogP contribution in [0.25, 0.3) is 10.9 Å². The fourth-order valence-corrected chi connectivity index (χ4v) is 1.55. The number of azo groups is 1. The van der Waals surface area contributed by atoms with Crippen molar-refractivity contribution in [3.8, 4) is 5.88 Å². The molecule has 0 aliphatic heterocycles. The van der Waals surface area contributed by atoms with Gasteiger partial charge in [-0.25, -0.2) is 4.68 Å². The van der Waals surface area contributed by atoms with Gasteiger partial charge in [0.2, 0.25) is 11.0 Å². The first-order chi connectivity index (χ1) is 8.52. The Morgan fingerprint density at radius 2 is 2.06 bits per heavy atom. The molecule has 0 aliphatic rings. The van der Waals surface area contributed by atoms with E-state index in [2.05, 4.69) is 10.2 Å². The molecule has 7 heteroatoms. The van der Waals surface area contributed by atoms with Gasteiger partial charge in [-0.05, 0) is 18.3 Å². The van der Waals surface area contributed by atoms with Crippen LogP contribution in [-0.2, 0) is 0 Å². The highest BCUT2D eigenvalue weighted by molar-refractivity contribution is 7.80. The Labute approximate surface area is 109 Å². The third kappa shape index (κ3) is 2.00. The summed E-state index contributed by atoms with van der Waals surface area (Å²) in [6, 6.07) is 7.27. The highest BCUT2D eigenvalue weighted by Gasteiger charge is 2.14. The van der Waals surface area contributed by atoms with E-state index < -0.39 is 0 Å². The Hall–Kier alpha value is -2.15. The molecule has 2 aromatic rings. The molecule has 18 heavy (non-hydrogen) atoms. The number of thiocarbonyl (C=S) groups is 1. The van der Waals surface area contributed by atoms with Crippen molar-refractivity contribution in [2.45, 2.75) is 0 Å². The molecule has 0 saturated heterocycles. The molecule has 0 atom stereocenters. The third-order valence-electron chi connectivity index (χ3n) is 2.48. The van der Waals surface area contributed by atoms with Gasteiger partial charge in [-0.2, -0.15) is 0 Å². The Morgan fingerprint density at radius 3 is 2.72 bits per heavy atom. The number of para-hydroxylation sites is 1.